The van der Waals surface area contributed by atoms with E-state index >= 15 is 0 Å². The van der Waals surface area contributed by atoms with Gasteiger partial charge in [-0.15, -0.1) is 0 Å². The largest absolute Gasteiger partial charge is 0.282 e. The average molecular weight is 312 g/mol. The summed E-state index contributed by atoms with van der Waals surface area (Å²) in [7, 11) is -7.17. The second kappa shape index (κ2) is 5.62. The summed E-state index contributed by atoms with van der Waals surface area (Å²) in [6.07, 6.45) is 2.83. The Bertz CT molecular complexity index is 504. The molecule has 112 valence electrons. The lowest BCUT2D eigenvalue weighted by atomic mass is 10.2. The molecule has 0 aromatic carbocycles. The summed E-state index contributed by atoms with van der Waals surface area (Å²) < 4.78 is 51.0. The Balaban J connectivity index is 2.00. The number of hydrogen-bond donors (Lipinski definition) is 1. The number of piperidine rings is 1. The molecule has 19 heavy (non-hydrogen) atoms. The van der Waals surface area contributed by atoms with Gasteiger partial charge >= 0.3 is 0 Å². The summed E-state index contributed by atoms with van der Waals surface area (Å²) in [6.45, 7) is 1.66. The Morgan fingerprint density at radius 3 is 1.53 bits per heavy atom. The molecule has 0 radical (unpaired) electrons. The van der Waals surface area contributed by atoms with Crippen molar-refractivity contribution in [3.05, 3.63) is 0 Å². The average Bonchev–Trinajstić information content (AvgIpc) is 2.39. The predicted molar refractivity (Wildman–Crippen MR) is 70.6 cm³/mol. The summed E-state index contributed by atoms with van der Waals surface area (Å²) in [6, 6.07) is 0. The molecule has 2 N–H and O–H groups in total. The molecule has 2 saturated heterocycles. The predicted octanol–water partition coefficient (Wildman–Crippen LogP) is -1.46. The molecule has 0 spiro atoms. The standard InChI is InChI=1S/C9H20N4O4S2/c10-18(14,15)11-6-8-13(9-7-11)19(16,17)12-4-2-1-3-5-12/h1-9H2,(H2,10,14,15). The molecule has 0 aliphatic carbocycles. The lowest BCUT2D eigenvalue weighted by Crippen LogP contribution is -2.55. The van der Waals surface area contributed by atoms with Crippen molar-refractivity contribution in [1.82, 2.24) is 12.9 Å². The van der Waals surface area contributed by atoms with Crippen LogP contribution in [-0.4, -0.2) is 69.0 Å². The zero-order valence-electron chi connectivity index (χ0n) is 10.7. The van der Waals surface area contributed by atoms with Crippen molar-refractivity contribution >= 4 is 20.4 Å². The van der Waals surface area contributed by atoms with Gasteiger partial charge in [-0.05, 0) is 12.8 Å². The van der Waals surface area contributed by atoms with E-state index < -0.39 is 20.4 Å². The molecule has 0 aromatic heterocycles. The third-order valence-corrected chi connectivity index (χ3v) is 6.65. The summed E-state index contributed by atoms with van der Waals surface area (Å²) in [5.41, 5.74) is 0. The molecule has 8 nitrogen and oxygen atoms in total. The highest BCUT2D eigenvalue weighted by molar-refractivity contribution is 7.87. The fourth-order valence-electron chi connectivity index (χ4n) is 2.41. The third kappa shape index (κ3) is 3.44. The first-order chi connectivity index (χ1) is 8.82. The normalized spacial score (nSPS) is 25.5. The van der Waals surface area contributed by atoms with Gasteiger partial charge < -0.3 is 0 Å². The maximum atomic E-state index is 12.3. The van der Waals surface area contributed by atoms with Crippen LogP contribution in [0.25, 0.3) is 0 Å². The van der Waals surface area contributed by atoms with Crippen LogP contribution < -0.4 is 5.14 Å². The molecule has 10 heteroatoms. The number of nitrogens with zero attached hydrogens (tertiary/aromatic N) is 3. The van der Waals surface area contributed by atoms with Crippen LogP contribution in [0.2, 0.25) is 0 Å². The van der Waals surface area contributed by atoms with Crippen LogP contribution >= 0.6 is 0 Å². The van der Waals surface area contributed by atoms with Gasteiger partial charge in [0.2, 0.25) is 0 Å². The van der Waals surface area contributed by atoms with E-state index in [-0.39, 0.29) is 26.2 Å². The van der Waals surface area contributed by atoms with Crippen LogP contribution in [0.1, 0.15) is 19.3 Å². The Kier molecular flexibility index (Phi) is 4.48. The summed E-state index contributed by atoms with van der Waals surface area (Å²) in [5, 5.41) is 5.03. The monoisotopic (exact) mass is 312 g/mol. The van der Waals surface area contributed by atoms with Crippen LogP contribution in [0.4, 0.5) is 0 Å². The van der Waals surface area contributed by atoms with E-state index in [4.69, 9.17) is 5.14 Å². The summed E-state index contributed by atoms with van der Waals surface area (Å²) in [5.74, 6) is 0. The maximum Gasteiger partial charge on any atom is 0.282 e. The van der Waals surface area contributed by atoms with Gasteiger partial charge in [0.15, 0.2) is 0 Å². The molecule has 2 aliphatic heterocycles. The first kappa shape index (κ1) is 15.1. The molecule has 0 bridgehead atoms. The Morgan fingerprint density at radius 1 is 0.632 bits per heavy atom. The van der Waals surface area contributed by atoms with Crippen molar-refractivity contribution in [2.24, 2.45) is 5.14 Å². The minimum Gasteiger partial charge on any atom is -0.216 e. The van der Waals surface area contributed by atoms with E-state index in [0.29, 0.717) is 13.1 Å². The lowest BCUT2D eigenvalue weighted by molar-refractivity contribution is 0.245. The third-order valence-electron chi connectivity index (χ3n) is 3.53. The highest BCUT2D eigenvalue weighted by atomic mass is 32.2. The molecule has 0 aromatic rings. The quantitative estimate of drug-likeness (QED) is 0.687. The molecule has 0 unspecified atom stereocenters. The summed E-state index contributed by atoms with van der Waals surface area (Å²) >= 11 is 0. The van der Waals surface area contributed by atoms with Crippen molar-refractivity contribution in [3.63, 3.8) is 0 Å². The minimum atomic E-state index is -3.72. The first-order valence-electron chi connectivity index (χ1n) is 6.35. The number of piperazine rings is 1. The van der Waals surface area contributed by atoms with E-state index in [1.807, 2.05) is 0 Å². The summed E-state index contributed by atoms with van der Waals surface area (Å²) in [4.78, 5) is 0. The van der Waals surface area contributed by atoms with Gasteiger partial charge in [0.05, 0.1) is 0 Å². The van der Waals surface area contributed by atoms with Crippen LogP contribution in [0.15, 0.2) is 0 Å². The van der Waals surface area contributed by atoms with Crippen molar-refractivity contribution in [2.45, 2.75) is 19.3 Å². The molecule has 2 fully saturated rings. The smallest absolute Gasteiger partial charge is 0.216 e. The lowest BCUT2D eigenvalue weighted by Gasteiger charge is -2.36. The Morgan fingerprint density at radius 2 is 1.05 bits per heavy atom. The molecular weight excluding hydrogens is 292 g/mol. The van der Waals surface area contributed by atoms with Gasteiger partial charge in [0, 0.05) is 39.3 Å². The van der Waals surface area contributed by atoms with Gasteiger partial charge in [-0.3, -0.25) is 0 Å². The number of hydrogen-bond acceptors (Lipinski definition) is 4. The van der Waals surface area contributed by atoms with Crippen LogP contribution in [0, 0.1) is 0 Å². The van der Waals surface area contributed by atoms with E-state index in [1.165, 1.54) is 8.61 Å². The first-order valence-corrected chi connectivity index (χ1v) is 9.25. The van der Waals surface area contributed by atoms with Gasteiger partial charge in [0.1, 0.15) is 0 Å². The zero-order chi connectivity index (χ0) is 14.1. The van der Waals surface area contributed by atoms with Gasteiger partial charge in [0.25, 0.3) is 20.4 Å². The van der Waals surface area contributed by atoms with Crippen molar-refractivity contribution in [3.8, 4) is 0 Å². The maximum absolute atomic E-state index is 12.3. The molecule has 0 saturated carbocycles. The molecule has 2 rings (SSSR count). The van der Waals surface area contributed by atoms with E-state index in [0.717, 1.165) is 23.6 Å². The second-order valence-corrected chi connectivity index (χ2v) is 8.29. The van der Waals surface area contributed by atoms with E-state index in [9.17, 15) is 16.8 Å². The molecule has 2 aliphatic rings. The van der Waals surface area contributed by atoms with Gasteiger partial charge in [-0.1, -0.05) is 6.42 Å². The van der Waals surface area contributed by atoms with E-state index in [2.05, 4.69) is 0 Å². The van der Waals surface area contributed by atoms with Crippen molar-refractivity contribution in [1.29, 1.82) is 0 Å². The van der Waals surface area contributed by atoms with Crippen LogP contribution in [0.3, 0.4) is 0 Å². The SMILES string of the molecule is NS(=O)(=O)N1CCN(S(=O)(=O)N2CCCCC2)CC1. The van der Waals surface area contributed by atoms with Crippen LogP contribution in [0.5, 0.6) is 0 Å². The Labute approximate surface area is 114 Å². The van der Waals surface area contributed by atoms with Crippen molar-refractivity contribution < 1.29 is 16.8 Å². The topological polar surface area (TPSA) is 104 Å². The minimum absolute atomic E-state index is 0.117. The highest BCUT2D eigenvalue weighted by Crippen LogP contribution is 2.18. The number of rotatable bonds is 3. The van der Waals surface area contributed by atoms with Crippen LogP contribution in [-0.2, 0) is 20.4 Å². The fraction of sp³-hybridized carbons (Fsp3) is 1.00. The van der Waals surface area contributed by atoms with Gasteiger partial charge in [-0.2, -0.15) is 29.8 Å². The fourth-order valence-corrected chi connectivity index (χ4v) is 4.76. The Hall–Kier alpha value is -0.260. The molecular formula is C9H20N4O4S2. The van der Waals surface area contributed by atoms with Gasteiger partial charge in [-0.25, -0.2) is 5.14 Å². The van der Waals surface area contributed by atoms with Crippen molar-refractivity contribution in [2.75, 3.05) is 39.3 Å². The number of nitrogens with two attached hydrogens (primary N) is 1. The molecule has 0 atom stereocenters. The van der Waals surface area contributed by atoms with E-state index in [1.54, 1.807) is 0 Å². The second-order valence-electron chi connectivity index (χ2n) is 4.81. The zero-order valence-corrected chi connectivity index (χ0v) is 12.4. The molecule has 2 heterocycles. The highest BCUT2D eigenvalue weighted by Gasteiger charge is 2.34. The molecule has 0 amide bonds.